The van der Waals surface area contributed by atoms with Gasteiger partial charge in [0.2, 0.25) is 5.88 Å². The number of ether oxygens (including phenoxy) is 1. The van der Waals surface area contributed by atoms with Gasteiger partial charge in [0.1, 0.15) is 5.75 Å². The first-order valence-corrected chi connectivity index (χ1v) is 12.6. The predicted octanol–water partition coefficient (Wildman–Crippen LogP) is 6.58. The first kappa shape index (κ1) is 22.8. The summed E-state index contributed by atoms with van der Waals surface area (Å²) >= 11 is 6.58. The zero-order valence-corrected chi connectivity index (χ0v) is 20.8. The van der Waals surface area contributed by atoms with Crippen LogP contribution in [0.2, 0.25) is 5.02 Å². The molecule has 1 aliphatic carbocycles. The number of amidine groups is 1. The van der Waals surface area contributed by atoms with Gasteiger partial charge in [-0.2, -0.15) is 0 Å². The number of hydroxylamine groups is 1. The molecule has 1 atom stereocenters. The smallest absolute Gasteiger partial charge is 0.248 e. The number of nitrogens with one attached hydrogen (secondary N) is 1. The van der Waals surface area contributed by atoms with Crippen molar-refractivity contribution in [2.75, 3.05) is 6.61 Å². The van der Waals surface area contributed by atoms with Gasteiger partial charge in [0.05, 0.1) is 23.7 Å². The van der Waals surface area contributed by atoms with Crippen molar-refractivity contribution in [1.29, 1.82) is 0 Å². The van der Waals surface area contributed by atoms with Gasteiger partial charge in [-0.25, -0.2) is 10.00 Å². The van der Waals surface area contributed by atoms with Crippen molar-refractivity contribution in [1.82, 2.24) is 15.1 Å². The van der Waals surface area contributed by atoms with E-state index in [0.717, 1.165) is 33.5 Å². The number of aliphatic imine (C=N–C) groups is 1. The van der Waals surface area contributed by atoms with E-state index in [1.54, 1.807) is 4.52 Å². The number of rotatable bonds is 7. The maximum absolute atomic E-state index is 6.58. The number of fused-ring (bicyclic) bond motifs is 1. The number of benzene rings is 2. The monoisotopic (exact) mass is 498 g/mol. The maximum Gasteiger partial charge on any atom is 0.248 e. The van der Waals surface area contributed by atoms with Crippen molar-refractivity contribution >= 4 is 28.5 Å². The number of nitrogens with zero attached hydrogens (tertiary/aromatic N) is 3. The van der Waals surface area contributed by atoms with E-state index in [2.05, 4.69) is 24.2 Å². The summed E-state index contributed by atoms with van der Waals surface area (Å²) in [5.74, 6) is 2.46. The summed E-state index contributed by atoms with van der Waals surface area (Å²) < 4.78 is 8.13. The summed E-state index contributed by atoms with van der Waals surface area (Å²) in [5, 5.41) is 5.44. The van der Waals surface area contributed by atoms with E-state index in [0.29, 0.717) is 35.7 Å². The van der Waals surface area contributed by atoms with Crippen LogP contribution in [-0.2, 0) is 11.3 Å². The second kappa shape index (κ2) is 9.45. The molecule has 1 saturated carbocycles. The van der Waals surface area contributed by atoms with Crippen LogP contribution in [0.3, 0.4) is 0 Å². The molecule has 36 heavy (non-hydrogen) atoms. The molecule has 1 unspecified atom stereocenters. The Hall–Kier alpha value is -3.61. The highest BCUT2D eigenvalue weighted by molar-refractivity contribution is 6.31. The third-order valence-corrected chi connectivity index (χ3v) is 6.97. The average Bonchev–Trinajstić information content (AvgIpc) is 3.63. The van der Waals surface area contributed by atoms with Gasteiger partial charge in [-0.05, 0) is 85.2 Å². The molecule has 0 radical (unpaired) electrons. The minimum atomic E-state index is -0.108. The van der Waals surface area contributed by atoms with Gasteiger partial charge >= 0.3 is 0 Å². The summed E-state index contributed by atoms with van der Waals surface area (Å²) in [7, 11) is 0. The first-order chi connectivity index (χ1) is 17.5. The standard InChI is InChI=1S/C29H27ClN4O2/c1-18(2)20-10-11-22(27(30)15-20)13-23-17-35-33-28(31-23)26-16-24-6-4-12-34(24)32-29(26)36-25-7-3-5-21(14-25)19-8-9-19/h3-7,10-12,14-16,19,23H,1,8-9,13,17H2,2H3,(H,31,33). The predicted molar refractivity (Wildman–Crippen MR) is 143 cm³/mol. The lowest BCUT2D eigenvalue weighted by Crippen LogP contribution is -2.37. The lowest BCUT2D eigenvalue weighted by molar-refractivity contribution is 0.0623. The number of hydrogen-bond donors (Lipinski definition) is 1. The molecule has 0 amide bonds. The molecule has 182 valence electrons. The van der Waals surface area contributed by atoms with Gasteiger partial charge < -0.3 is 4.74 Å². The fourth-order valence-electron chi connectivity index (χ4n) is 4.47. The molecular weight excluding hydrogens is 472 g/mol. The van der Waals surface area contributed by atoms with Crippen molar-refractivity contribution < 1.29 is 9.57 Å². The minimum absolute atomic E-state index is 0.108. The Morgan fingerprint density at radius 3 is 2.86 bits per heavy atom. The van der Waals surface area contributed by atoms with E-state index < -0.39 is 0 Å². The lowest BCUT2D eigenvalue weighted by atomic mass is 10.0. The third-order valence-electron chi connectivity index (χ3n) is 6.61. The van der Waals surface area contributed by atoms with Crippen LogP contribution in [0.15, 0.2) is 78.4 Å². The SMILES string of the molecule is C=C(C)c1ccc(CC2CONC(c3cc4cccn4nc3Oc3cccc(C4CC4)c3)=N2)c(Cl)c1. The molecule has 0 bridgehead atoms. The lowest BCUT2D eigenvalue weighted by Gasteiger charge is -2.23. The summed E-state index contributed by atoms with van der Waals surface area (Å²) in [5.41, 5.74) is 9.02. The third kappa shape index (κ3) is 4.74. The van der Waals surface area contributed by atoms with Crippen LogP contribution in [0.4, 0.5) is 0 Å². The van der Waals surface area contributed by atoms with Crippen LogP contribution < -0.4 is 10.2 Å². The fourth-order valence-corrected chi connectivity index (χ4v) is 4.73. The summed E-state index contributed by atoms with van der Waals surface area (Å²) in [6.07, 6.45) is 5.03. The number of hydrogen-bond acceptors (Lipinski definition) is 5. The van der Waals surface area contributed by atoms with Gasteiger partial charge in [0.25, 0.3) is 0 Å². The number of halogens is 1. The molecular formula is C29H27ClN4O2. The molecule has 1 fully saturated rings. The summed E-state index contributed by atoms with van der Waals surface area (Å²) in [4.78, 5) is 10.7. The van der Waals surface area contributed by atoms with Crippen molar-refractivity contribution in [3.05, 3.63) is 101 Å². The van der Waals surface area contributed by atoms with Crippen molar-refractivity contribution in [2.45, 2.75) is 38.1 Å². The van der Waals surface area contributed by atoms with E-state index in [9.17, 15) is 0 Å². The van der Waals surface area contributed by atoms with Crippen molar-refractivity contribution in [2.24, 2.45) is 4.99 Å². The maximum atomic E-state index is 6.58. The molecule has 0 saturated heterocycles. The van der Waals surface area contributed by atoms with Crippen LogP contribution in [0, 0.1) is 0 Å². The molecule has 4 aromatic rings. The zero-order chi connectivity index (χ0) is 24.6. The molecule has 2 aromatic heterocycles. The number of aromatic nitrogens is 2. The van der Waals surface area contributed by atoms with Crippen LogP contribution in [0.25, 0.3) is 11.1 Å². The van der Waals surface area contributed by atoms with Crippen LogP contribution in [0.1, 0.15) is 47.9 Å². The van der Waals surface area contributed by atoms with E-state index in [4.69, 9.17) is 31.3 Å². The van der Waals surface area contributed by atoms with Gasteiger partial charge in [-0.3, -0.25) is 9.83 Å². The second-order valence-corrected chi connectivity index (χ2v) is 9.93. The molecule has 1 aliphatic heterocycles. The fraction of sp³-hybridized carbons (Fsp3) is 0.241. The van der Waals surface area contributed by atoms with Gasteiger partial charge in [-0.1, -0.05) is 48.0 Å². The summed E-state index contributed by atoms with van der Waals surface area (Å²) in [6, 6.07) is 20.2. The summed E-state index contributed by atoms with van der Waals surface area (Å²) in [6.45, 7) is 6.40. The van der Waals surface area contributed by atoms with E-state index in [1.807, 2.05) is 61.7 Å². The Labute approximate surface area is 215 Å². The molecule has 7 heteroatoms. The van der Waals surface area contributed by atoms with E-state index in [1.165, 1.54) is 18.4 Å². The average molecular weight is 499 g/mol. The molecule has 1 N–H and O–H groups in total. The first-order valence-electron chi connectivity index (χ1n) is 12.2. The number of allylic oxidation sites excluding steroid dienone is 1. The zero-order valence-electron chi connectivity index (χ0n) is 20.1. The molecule has 6 nitrogen and oxygen atoms in total. The highest BCUT2D eigenvalue weighted by Crippen LogP contribution is 2.41. The quantitative estimate of drug-likeness (QED) is 0.312. The molecule has 3 heterocycles. The van der Waals surface area contributed by atoms with E-state index in [-0.39, 0.29) is 6.04 Å². The van der Waals surface area contributed by atoms with Crippen LogP contribution in [-0.4, -0.2) is 28.1 Å². The van der Waals surface area contributed by atoms with E-state index >= 15 is 0 Å². The molecule has 0 spiro atoms. The Morgan fingerprint density at radius 2 is 2.06 bits per heavy atom. The van der Waals surface area contributed by atoms with Crippen LogP contribution >= 0.6 is 11.6 Å². The molecule has 6 rings (SSSR count). The molecule has 2 aromatic carbocycles. The van der Waals surface area contributed by atoms with Crippen molar-refractivity contribution in [3.63, 3.8) is 0 Å². The Morgan fingerprint density at radius 1 is 1.17 bits per heavy atom. The molecule has 2 aliphatic rings. The van der Waals surface area contributed by atoms with Gasteiger partial charge in [-0.15, -0.1) is 5.10 Å². The Balaban J connectivity index is 1.32. The van der Waals surface area contributed by atoms with Crippen LogP contribution in [0.5, 0.6) is 11.6 Å². The minimum Gasteiger partial charge on any atom is -0.437 e. The van der Waals surface area contributed by atoms with Gasteiger partial charge in [0, 0.05) is 11.2 Å². The second-order valence-electron chi connectivity index (χ2n) is 9.52. The van der Waals surface area contributed by atoms with Gasteiger partial charge in [0.15, 0.2) is 5.84 Å². The Bertz CT molecular complexity index is 1490. The highest BCUT2D eigenvalue weighted by Gasteiger charge is 2.25. The Kier molecular flexibility index (Phi) is 5.99. The normalized spacial score (nSPS) is 17.5. The largest absolute Gasteiger partial charge is 0.437 e. The highest BCUT2D eigenvalue weighted by atomic mass is 35.5. The van der Waals surface area contributed by atoms with Crippen molar-refractivity contribution in [3.8, 4) is 11.6 Å². The topological polar surface area (TPSA) is 60.2 Å².